The summed E-state index contributed by atoms with van der Waals surface area (Å²) < 4.78 is 23.5. The third-order valence-corrected chi connectivity index (χ3v) is 5.57. The predicted octanol–water partition coefficient (Wildman–Crippen LogP) is 7.24. The number of ether oxygens (including phenoxy) is 2. The van der Waals surface area contributed by atoms with Crippen molar-refractivity contribution in [3.8, 4) is 33.2 Å². The highest BCUT2D eigenvalue weighted by atomic mass is 32.1. The van der Waals surface area contributed by atoms with Crippen molar-refractivity contribution in [2.75, 3.05) is 19.5 Å². The molecule has 160 valence electrons. The SMILES string of the molecule is C=C/C(=C\C/C=C(\C)F)Nc1nc(-c2ccc(OC)cc2)c(-c2ccc(OC)cc2)s1. The summed E-state index contributed by atoms with van der Waals surface area (Å²) in [7, 11) is 3.29. The Balaban J connectivity index is 1.99. The van der Waals surface area contributed by atoms with Crippen LogP contribution in [0, 0.1) is 0 Å². The maximum atomic E-state index is 13.0. The van der Waals surface area contributed by atoms with Crippen LogP contribution in [0.5, 0.6) is 11.5 Å². The fourth-order valence-corrected chi connectivity index (χ4v) is 3.93. The van der Waals surface area contributed by atoms with Gasteiger partial charge in [0.25, 0.3) is 0 Å². The van der Waals surface area contributed by atoms with Crippen LogP contribution in [0.1, 0.15) is 13.3 Å². The molecule has 0 saturated heterocycles. The number of benzene rings is 2. The molecule has 3 aromatic rings. The monoisotopic (exact) mass is 436 g/mol. The first-order valence-electron chi connectivity index (χ1n) is 9.75. The highest BCUT2D eigenvalue weighted by Crippen LogP contribution is 2.40. The molecule has 1 N–H and O–H groups in total. The van der Waals surface area contributed by atoms with Crippen molar-refractivity contribution in [1.82, 2.24) is 4.98 Å². The number of hydrogen-bond acceptors (Lipinski definition) is 5. The van der Waals surface area contributed by atoms with Gasteiger partial charge < -0.3 is 14.8 Å². The van der Waals surface area contributed by atoms with Crippen LogP contribution in [0.4, 0.5) is 9.52 Å². The van der Waals surface area contributed by atoms with E-state index in [2.05, 4.69) is 11.9 Å². The fraction of sp³-hybridized carbons (Fsp3) is 0.160. The van der Waals surface area contributed by atoms with Gasteiger partial charge in [-0.25, -0.2) is 9.37 Å². The van der Waals surface area contributed by atoms with Gasteiger partial charge in [0.15, 0.2) is 5.13 Å². The Morgan fingerprint density at radius 1 is 1.00 bits per heavy atom. The number of nitrogens with zero attached hydrogens (tertiary/aromatic N) is 1. The minimum Gasteiger partial charge on any atom is -0.497 e. The summed E-state index contributed by atoms with van der Waals surface area (Å²) in [5, 5.41) is 4.02. The second kappa shape index (κ2) is 10.6. The molecular formula is C25H25FN2O2S. The summed E-state index contributed by atoms with van der Waals surface area (Å²) in [6.07, 6.45) is 5.55. The smallest absolute Gasteiger partial charge is 0.188 e. The van der Waals surface area contributed by atoms with Crippen molar-refractivity contribution in [3.05, 3.63) is 84.9 Å². The van der Waals surface area contributed by atoms with Crippen molar-refractivity contribution in [2.45, 2.75) is 13.3 Å². The van der Waals surface area contributed by atoms with Crippen LogP contribution in [0.3, 0.4) is 0 Å². The number of methoxy groups -OCH3 is 2. The van der Waals surface area contributed by atoms with Crippen LogP contribution in [-0.2, 0) is 0 Å². The van der Waals surface area contributed by atoms with Gasteiger partial charge in [0.1, 0.15) is 11.5 Å². The van der Waals surface area contributed by atoms with Crippen molar-refractivity contribution < 1.29 is 13.9 Å². The van der Waals surface area contributed by atoms with Gasteiger partial charge in [-0.1, -0.05) is 24.0 Å². The number of thiazole rings is 1. The molecule has 0 radical (unpaired) electrons. The number of halogens is 1. The largest absolute Gasteiger partial charge is 0.497 e. The Bertz CT molecular complexity index is 1010. The molecule has 31 heavy (non-hydrogen) atoms. The van der Waals surface area contributed by atoms with E-state index in [4.69, 9.17) is 14.5 Å². The first-order valence-corrected chi connectivity index (χ1v) is 10.6. The van der Waals surface area contributed by atoms with Gasteiger partial charge in [0, 0.05) is 11.3 Å². The first-order chi connectivity index (χ1) is 15.0. The lowest BCUT2D eigenvalue weighted by Crippen LogP contribution is -1.96. The van der Waals surface area contributed by atoms with E-state index in [1.54, 1.807) is 31.6 Å². The molecule has 0 unspecified atom stereocenters. The Morgan fingerprint density at radius 3 is 2.10 bits per heavy atom. The number of nitrogens with one attached hydrogen (secondary N) is 1. The van der Waals surface area contributed by atoms with Crippen LogP contribution in [0.2, 0.25) is 0 Å². The summed E-state index contributed by atoms with van der Waals surface area (Å²) in [6.45, 7) is 5.27. The standard InChI is InChI=1S/C25H25FN2O2S/c1-5-20(8-6-7-17(2)26)27-25-28-23(18-9-13-21(29-3)14-10-18)24(31-25)19-11-15-22(30-4)16-12-19/h5,7-16H,1,6H2,2-4H3,(H,27,28)/b17-7+,20-8+. The number of allylic oxidation sites excluding steroid dienone is 4. The number of hydrogen-bond donors (Lipinski definition) is 1. The molecule has 2 aromatic carbocycles. The average molecular weight is 437 g/mol. The van der Waals surface area contributed by atoms with E-state index < -0.39 is 0 Å². The van der Waals surface area contributed by atoms with Gasteiger partial charge in [-0.2, -0.15) is 0 Å². The molecule has 1 heterocycles. The van der Waals surface area contributed by atoms with E-state index in [0.717, 1.165) is 44.0 Å². The minimum atomic E-state index is -0.211. The zero-order valence-electron chi connectivity index (χ0n) is 17.8. The highest BCUT2D eigenvalue weighted by molar-refractivity contribution is 7.19. The number of anilines is 1. The fourth-order valence-electron chi connectivity index (χ4n) is 2.91. The third-order valence-electron chi connectivity index (χ3n) is 4.55. The van der Waals surface area contributed by atoms with Gasteiger partial charge in [-0.05, 0) is 79.6 Å². The Labute approximate surface area is 186 Å². The lowest BCUT2D eigenvalue weighted by Gasteiger charge is -2.05. The quantitative estimate of drug-likeness (QED) is 0.359. The summed E-state index contributed by atoms with van der Waals surface area (Å²) >= 11 is 1.54. The third kappa shape index (κ3) is 5.83. The van der Waals surface area contributed by atoms with Gasteiger partial charge >= 0.3 is 0 Å². The molecule has 1 aromatic heterocycles. The molecule has 0 aliphatic carbocycles. The molecule has 0 aliphatic rings. The molecule has 0 aliphatic heterocycles. The van der Waals surface area contributed by atoms with E-state index in [9.17, 15) is 4.39 Å². The van der Waals surface area contributed by atoms with Gasteiger partial charge in [-0.15, -0.1) is 0 Å². The van der Waals surface area contributed by atoms with Crippen LogP contribution in [0.15, 0.2) is 84.9 Å². The van der Waals surface area contributed by atoms with Crippen LogP contribution in [-0.4, -0.2) is 19.2 Å². The maximum Gasteiger partial charge on any atom is 0.188 e. The molecule has 0 atom stereocenters. The van der Waals surface area contributed by atoms with Crippen molar-refractivity contribution in [2.24, 2.45) is 0 Å². The highest BCUT2D eigenvalue weighted by Gasteiger charge is 2.16. The molecule has 0 amide bonds. The van der Waals surface area contributed by atoms with Gasteiger partial charge in [0.05, 0.1) is 30.6 Å². The molecule has 0 bridgehead atoms. The van der Waals surface area contributed by atoms with E-state index in [1.165, 1.54) is 13.0 Å². The summed E-state index contributed by atoms with van der Waals surface area (Å²) in [6, 6.07) is 15.7. The van der Waals surface area contributed by atoms with Gasteiger partial charge in [-0.3, -0.25) is 0 Å². The van der Waals surface area contributed by atoms with Gasteiger partial charge in [0.2, 0.25) is 0 Å². The normalized spacial score (nSPS) is 11.9. The zero-order chi connectivity index (χ0) is 22.2. The summed E-state index contributed by atoms with van der Waals surface area (Å²) in [4.78, 5) is 5.87. The van der Waals surface area contributed by atoms with Crippen LogP contribution in [0.25, 0.3) is 21.7 Å². The summed E-state index contributed by atoms with van der Waals surface area (Å²) in [5.74, 6) is 1.37. The second-order valence-electron chi connectivity index (χ2n) is 6.67. The molecule has 4 nitrogen and oxygen atoms in total. The Morgan fingerprint density at radius 2 is 1.58 bits per heavy atom. The van der Waals surface area contributed by atoms with Crippen molar-refractivity contribution in [1.29, 1.82) is 0 Å². The number of aromatic nitrogens is 1. The summed E-state index contributed by atoms with van der Waals surface area (Å²) in [5.41, 5.74) is 3.66. The molecule has 3 rings (SSSR count). The maximum absolute atomic E-state index is 13.0. The average Bonchev–Trinajstić information content (AvgIpc) is 3.22. The van der Waals surface area contributed by atoms with Crippen molar-refractivity contribution >= 4 is 16.5 Å². The van der Waals surface area contributed by atoms with E-state index in [-0.39, 0.29) is 5.83 Å². The Hall–Kier alpha value is -3.38. The van der Waals surface area contributed by atoms with E-state index in [0.29, 0.717) is 6.42 Å². The molecule has 0 fully saturated rings. The van der Waals surface area contributed by atoms with Crippen LogP contribution < -0.4 is 14.8 Å². The molecule has 0 saturated carbocycles. The zero-order valence-corrected chi connectivity index (χ0v) is 18.6. The van der Waals surface area contributed by atoms with E-state index in [1.807, 2.05) is 54.6 Å². The van der Waals surface area contributed by atoms with Crippen molar-refractivity contribution in [3.63, 3.8) is 0 Å². The Kier molecular flexibility index (Phi) is 7.62. The first kappa shape index (κ1) is 22.3. The van der Waals surface area contributed by atoms with E-state index >= 15 is 0 Å². The topological polar surface area (TPSA) is 43.4 Å². The lowest BCUT2D eigenvalue weighted by atomic mass is 10.1. The second-order valence-corrected chi connectivity index (χ2v) is 7.67. The molecular weight excluding hydrogens is 411 g/mol. The molecule has 6 heteroatoms. The lowest BCUT2D eigenvalue weighted by molar-refractivity contribution is 0.414. The minimum absolute atomic E-state index is 0.211. The number of rotatable bonds is 9. The molecule has 0 spiro atoms. The predicted molar refractivity (Wildman–Crippen MR) is 127 cm³/mol. The van der Waals surface area contributed by atoms with Crippen LogP contribution >= 0.6 is 11.3 Å².